The van der Waals surface area contributed by atoms with E-state index in [1.165, 1.54) is 18.5 Å². The molecule has 0 aliphatic heterocycles. The normalized spacial score (nSPS) is 11.7. The molecular formula is C18H18F3N5. The van der Waals surface area contributed by atoms with Gasteiger partial charge in [0.1, 0.15) is 17.7 Å². The molecule has 26 heavy (non-hydrogen) atoms. The fourth-order valence-electron chi connectivity index (χ4n) is 2.81. The Morgan fingerprint density at radius 2 is 1.92 bits per heavy atom. The number of alkyl halides is 3. The van der Waals surface area contributed by atoms with Crippen LogP contribution >= 0.6 is 0 Å². The van der Waals surface area contributed by atoms with Gasteiger partial charge in [0.2, 0.25) is 0 Å². The van der Waals surface area contributed by atoms with Crippen molar-refractivity contribution in [3.8, 4) is 11.5 Å². The van der Waals surface area contributed by atoms with Crippen LogP contribution in [0.1, 0.15) is 36.0 Å². The van der Waals surface area contributed by atoms with Crippen molar-refractivity contribution in [1.82, 2.24) is 24.5 Å². The fraction of sp³-hybridized carbons (Fsp3) is 0.333. The van der Waals surface area contributed by atoms with E-state index < -0.39 is 11.9 Å². The van der Waals surface area contributed by atoms with Crippen molar-refractivity contribution >= 4 is 0 Å². The molecule has 3 aromatic rings. The van der Waals surface area contributed by atoms with Gasteiger partial charge in [0, 0.05) is 18.1 Å². The molecule has 0 aliphatic rings. The maximum Gasteiger partial charge on any atom is 0.433 e. The molecule has 3 rings (SSSR count). The molecule has 0 unspecified atom stereocenters. The van der Waals surface area contributed by atoms with Gasteiger partial charge in [0.15, 0.2) is 5.82 Å². The van der Waals surface area contributed by atoms with Crippen LogP contribution < -0.4 is 0 Å². The first-order chi connectivity index (χ1) is 12.4. The number of hydrogen-bond acceptors (Lipinski definition) is 4. The lowest BCUT2D eigenvalue weighted by Gasteiger charge is -2.13. The van der Waals surface area contributed by atoms with E-state index in [4.69, 9.17) is 0 Å². The van der Waals surface area contributed by atoms with Crippen LogP contribution in [-0.2, 0) is 19.1 Å². The molecule has 0 aliphatic carbocycles. The molecule has 136 valence electrons. The SMILES string of the molecule is CCCc1c(C)ncnc1Cn1ccnc1-c1cccc(C(F)(F)F)n1. The molecule has 8 heteroatoms. The Balaban J connectivity index is 1.97. The lowest BCUT2D eigenvalue weighted by atomic mass is 10.1. The summed E-state index contributed by atoms with van der Waals surface area (Å²) in [6.07, 6.45) is 2.06. The van der Waals surface area contributed by atoms with Gasteiger partial charge >= 0.3 is 6.18 Å². The Morgan fingerprint density at radius 3 is 2.65 bits per heavy atom. The molecule has 0 N–H and O–H groups in total. The molecule has 0 radical (unpaired) electrons. The molecule has 0 atom stereocenters. The first-order valence-corrected chi connectivity index (χ1v) is 8.25. The number of pyridine rings is 1. The maximum absolute atomic E-state index is 12.9. The minimum atomic E-state index is -4.49. The fourth-order valence-corrected chi connectivity index (χ4v) is 2.81. The number of aromatic nitrogens is 5. The molecular weight excluding hydrogens is 343 g/mol. The summed E-state index contributed by atoms with van der Waals surface area (Å²) in [6, 6.07) is 3.80. The molecule has 5 nitrogen and oxygen atoms in total. The summed E-state index contributed by atoms with van der Waals surface area (Å²) in [5.74, 6) is 0.370. The zero-order valence-corrected chi connectivity index (χ0v) is 14.5. The van der Waals surface area contributed by atoms with E-state index in [2.05, 4.69) is 26.9 Å². The molecule has 0 fully saturated rings. The monoisotopic (exact) mass is 361 g/mol. The van der Waals surface area contributed by atoms with E-state index in [0.29, 0.717) is 12.4 Å². The van der Waals surface area contributed by atoms with E-state index in [0.717, 1.165) is 35.9 Å². The zero-order valence-electron chi connectivity index (χ0n) is 14.5. The Hall–Kier alpha value is -2.77. The van der Waals surface area contributed by atoms with Crippen LogP contribution in [0.2, 0.25) is 0 Å². The van der Waals surface area contributed by atoms with E-state index in [1.807, 2.05) is 6.92 Å². The van der Waals surface area contributed by atoms with Crippen LogP contribution in [0.25, 0.3) is 11.5 Å². The van der Waals surface area contributed by atoms with Gasteiger partial charge in [-0.15, -0.1) is 0 Å². The van der Waals surface area contributed by atoms with Crippen molar-refractivity contribution in [3.05, 3.63) is 59.6 Å². The van der Waals surface area contributed by atoms with Crippen LogP contribution in [0, 0.1) is 6.92 Å². The van der Waals surface area contributed by atoms with Crippen molar-refractivity contribution in [2.24, 2.45) is 0 Å². The van der Waals surface area contributed by atoms with E-state index in [1.54, 1.807) is 17.0 Å². The van der Waals surface area contributed by atoms with Gasteiger partial charge in [-0.3, -0.25) is 0 Å². The highest BCUT2D eigenvalue weighted by Crippen LogP contribution is 2.29. The number of imidazole rings is 1. The molecule has 0 aromatic carbocycles. The number of rotatable bonds is 5. The predicted molar refractivity (Wildman–Crippen MR) is 90.3 cm³/mol. The van der Waals surface area contributed by atoms with Gasteiger partial charge in [-0.25, -0.2) is 19.9 Å². The van der Waals surface area contributed by atoms with E-state index >= 15 is 0 Å². The lowest BCUT2D eigenvalue weighted by molar-refractivity contribution is -0.141. The van der Waals surface area contributed by atoms with Gasteiger partial charge in [-0.2, -0.15) is 13.2 Å². The van der Waals surface area contributed by atoms with Crippen molar-refractivity contribution < 1.29 is 13.2 Å². The highest BCUT2D eigenvalue weighted by Gasteiger charge is 2.32. The average Bonchev–Trinajstić information content (AvgIpc) is 3.05. The highest BCUT2D eigenvalue weighted by molar-refractivity contribution is 5.50. The molecule has 0 spiro atoms. The van der Waals surface area contributed by atoms with Crippen molar-refractivity contribution in [1.29, 1.82) is 0 Å². The second-order valence-corrected chi connectivity index (χ2v) is 5.92. The topological polar surface area (TPSA) is 56.5 Å². The Morgan fingerprint density at radius 1 is 1.12 bits per heavy atom. The molecule has 0 saturated heterocycles. The Bertz CT molecular complexity index is 902. The summed E-state index contributed by atoms with van der Waals surface area (Å²) in [6.45, 7) is 4.40. The average molecular weight is 361 g/mol. The number of nitrogens with zero attached hydrogens (tertiary/aromatic N) is 5. The number of halogens is 3. The predicted octanol–water partition coefficient (Wildman–Crippen LogP) is 4.06. The third-order valence-electron chi connectivity index (χ3n) is 4.05. The van der Waals surface area contributed by atoms with Gasteiger partial charge < -0.3 is 4.57 Å². The van der Waals surface area contributed by atoms with E-state index in [9.17, 15) is 13.2 Å². The largest absolute Gasteiger partial charge is 0.433 e. The molecule has 3 aromatic heterocycles. The lowest BCUT2D eigenvalue weighted by Crippen LogP contribution is -2.11. The highest BCUT2D eigenvalue weighted by atomic mass is 19.4. The Kier molecular flexibility index (Phi) is 5.01. The van der Waals surface area contributed by atoms with Gasteiger partial charge in [-0.1, -0.05) is 19.4 Å². The molecule has 0 saturated carbocycles. The standard InChI is InChI=1S/C18H18F3N5/c1-3-5-13-12(2)23-11-24-15(13)10-26-9-8-22-17(26)14-6-4-7-16(25-14)18(19,20)21/h4,6-9,11H,3,5,10H2,1-2H3. The summed E-state index contributed by atoms with van der Waals surface area (Å²) in [5, 5.41) is 0. The second-order valence-electron chi connectivity index (χ2n) is 5.92. The number of hydrogen-bond donors (Lipinski definition) is 0. The van der Waals surface area contributed by atoms with Crippen molar-refractivity contribution in [2.75, 3.05) is 0 Å². The summed E-state index contributed by atoms with van der Waals surface area (Å²) in [5.41, 5.74) is 2.05. The zero-order chi connectivity index (χ0) is 18.7. The van der Waals surface area contributed by atoms with Gasteiger partial charge in [-0.05, 0) is 31.0 Å². The van der Waals surface area contributed by atoms with Crippen LogP contribution in [0.15, 0.2) is 36.9 Å². The first kappa shape index (κ1) is 18.0. The van der Waals surface area contributed by atoms with Crippen LogP contribution in [0.5, 0.6) is 0 Å². The van der Waals surface area contributed by atoms with Crippen LogP contribution in [0.4, 0.5) is 13.2 Å². The third kappa shape index (κ3) is 3.74. The van der Waals surface area contributed by atoms with Crippen molar-refractivity contribution in [3.63, 3.8) is 0 Å². The molecule has 3 heterocycles. The van der Waals surface area contributed by atoms with Crippen LogP contribution in [-0.4, -0.2) is 24.5 Å². The van der Waals surface area contributed by atoms with Gasteiger partial charge in [0.25, 0.3) is 0 Å². The Labute approximate surface area is 149 Å². The summed E-state index contributed by atoms with van der Waals surface area (Å²) in [4.78, 5) is 16.5. The molecule has 0 bridgehead atoms. The van der Waals surface area contributed by atoms with Gasteiger partial charge in [0.05, 0.1) is 12.2 Å². The quantitative estimate of drug-likeness (QED) is 0.688. The second kappa shape index (κ2) is 7.23. The first-order valence-electron chi connectivity index (χ1n) is 8.25. The third-order valence-corrected chi connectivity index (χ3v) is 4.05. The van der Waals surface area contributed by atoms with E-state index in [-0.39, 0.29) is 5.69 Å². The maximum atomic E-state index is 12.9. The summed E-state index contributed by atoms with van der Waals surface area (Å²) < 4.78 is 40.6. The van der Waals surface area contributed by atoms with Crippen molar-refractivity contribution in [2.45, 2.75) is 39.4 Å². The number of aryl methyl sites for hydroxylation is 1. The summed E-state index contributed by atoms with van der Waals surface area (Å²) in [7, 11) is 0. The minimum absolute atomic E-state index is 0.174. The molecule has 0 amide bonds. The van der Waals surface area contributed by atoms with Crippen LogP contribution in [0.3, 0.4) is 0 Å². The smallest absolute Gasteiger partial charge is 0.324 e. The summed E-state index contributed by atoms with van der Waals surface area (Å²) >= 11 is 0. The minimum Gasteiger partial charge on any atom is -0.324 e.